The number of hydrogen-bond acceptors (Lipinski definition) is 3. The third kappa shape index (κ3) is 4.49. The lowest BCUT2D eigenvalue weighted by molar-refractivity contribution is -0.184. The van der Waals surface area contributed by atoms with E-state index in [2.05, 4.69) is 0 Å². The molecule has 2 amide bonds. The largest absolute Gasteiger partial charge is 0.471 e. The molecule has 5 nitrogen and oxygen atoms in total. The van der Waals surface area contributed by atoms with Gasteiger partial charge in [0, 0.05) is 44.1 Å². The van der Waals surface area contributed by atoms with Crippen LogP contribution in [0.3, 0.4) is 0 Å². The Hall–Kier alpha value is -2.30. The van der Waals surface area contributed by atoms with Crippen molar-refractivity contribution in [1.82, 2.24) is 9.80 Å². The molecule has 160 valence electrons. The summed E-state index contributed by atoms with van der Waals surface area (Å²) in [4.78, 5) is 26.1. The van der Waals surface area contributed by atoms with Gasteiger partial charge in [0.05, 0.1) is 6.04 Å². The third-order valence-electron chi connectivity index (χ3n) is 5.41. The molecule has 0 radical (unpaired) electrons. The van der Waals surface area contributed by atoms with Crippen molar-refractivity contribution in [1.29, 1.82) is 0 Å². The molecule has 0 saturated carbocycles. The molecule has 2 aliphatic rings. The number of nitrogens with two attached hydrogens (primary N) is 1. The van der Waals surface area contributed by atoms with Gasteiger partial charge < -0.3 is 15.5 Å². The summed E-state index contributed by atoms with van der Waals surface area (Å²) in [6.45, 7) is 0.0508. The summed E-state index contributed by atoms with van der Waals surface area (Å²) in [5, 5.41) is 0. The zero-order valence-electron chi connectivity index (χ0n) is 15.2. The maximum Gasteiger partial charge on any atom is 0.471 e. The Kier molecular flexibility index (Phi) is 5.79. The molecule has 2 heterocycles. The first-order chi connectivity index (χ1) is 13.5. The topological polar surface area (TPSA) is 66.6 Å². The quantitative estimate of drug-likeness (QED) is 0.595. The number of hydrogen-bond donors (Lipinski definition) is 1. The van der Waals surface area contributed by atoms with Gasteiger partial charge in [0.15, 0.2) is 11.6 Å². The second kappa shape index (κ2) is 7.85. The Bertz CT molecular complexity index is 816. The number of nitrogens with zero attached hydrogens (tertiary/aromatic N) is 2. The average Bonchev–Trinajstić information content (AvgIpc) is 3.18. The predicted octanol–water partition coefficient (Wildman–Crippen LogP) is 1.99. The first-order valence-electron chi connectivity index (χ1n) is 9.02. The number of carbonyl (C=O) groups is 2. The van der Waals surface area contributed by atoms with Crippen LogP contribution >= 0.6 is 0 Å². The molecule has 3 atom stereocenters. The molecule has 1 aromatic carbocycles. The van der Waals surface area contributed by atoms with Crippen molar-refractivity contribution < 1.29 is 35.9 Å². The molecule has 2 aliphatic heterocycles. The highest BCUT2D eigenvalue weighted by atomic mass is 19.4. The van der Waals surface area contributed by atoms with E-state index >= 15 is 0 Å². The van der Waals surface area contributed by atoms with Crippen molar-refractivity contribution in [2.75, 3.05) is 19.6 Å². The van der Waals surface area contributed by atoms with Crippen LogP contribution < -0.4 is 5.73 Å². The van der Waals surface area contributed by atoms with E-state index in [1.165, 1.54) is 4.90 Å². The first-order valence-corrected chi connectivity index (χ1v) is 9.02. The summed E-state index contributed by atoms with van der Waals surface area (Å²) in [5.74, 6) is -6.16. The van der Waals surface area contributed by atoms with Gasteiger partial charge in [0.25, 0.3) is 0 Å². The molecule has 3 rings (SSSR count). The van der Waals surface area contributed by atoms with Gasteiger partial charge in [-0.3, -0.25) is 9.59 Å². The normalized spacial score (nSPS) is 22.7. The number of halogens is 6. The highest BCUT2D eigenvalue weighted by Crippen LogP contribution is 2.34. The van der Waals surface area contributed by atoms with Gasteiger partial charge in [-0.2, -0.15) is 13.2 Å². The number of amides is 2. The number of rotatable bonds is 4. The van der Waals surface area contributed by atoms with E-state index < -0.39 is 47.5 Å². The van der Waals surface area contributed by atoms with E-state index in [-0.39, 0.29) is 37.4 Å². The Labute approximate surface area is 162 Å². The fourth-order valence-corrected chi connectivity index (χ4v) is 4.03. The van der Waals surface area contributed by atoms with Gasteiger partial charge in [-0.1, -0.05) is 0 Å². The Morgan fingerprint density at radius 2 is 1.76 bits per heavy atom. The zero-order valence-corrected chi connectivity index (χ0v) is 15.2. The number of benzene rings is 1. The summed E-state index contributed by atoms with van der Waals surface area (Å²) in [6.07, 6.45) is -4.96. The van der Waals surface area contributed by atoms with E-state index in [0.717, 1.165) is 0 Å². The second-order valence-electron chi connectivity index (χ2n) is 7.44. The van der Waals surface area contributed by atoms with E-state index in [1.54, 1.807) is 0 Å². The summed E-state index contributed by atoms with van der Waals surface area (Å²) >= 11 is 0. The lowest BCUT2D eigenvalue weighted by Gasteiger charge is -2.26. The molecular formula is C18H19F6N3O2. The zero-order chi connectivity index (χ0) is 21.5. The highest BCUT2D eigenvalue weighted by molar-refractivity contribution is 5.83. The number of carbonyl (C=O) groups excluding carboxylic acids is 2. The number of fused-ring (bicyclic) bond motifs is 1. The summed E-state index contributed by atoms with van der Waals surface area (Å²) in [5.41, 5.74) is 5.68. The summed E-state index contributed by atoms with van der Waals surface area (Å²) < 4.78 is 77.9. The standard InChI is InChI=1S/C18H19F6N3O2/c19-12-6-14(21)13(20)4-10(12)3-11(25)5-16(28)27-2-1-9-7-26(8-15(9)27)17(29)18(22,23)24/h4,6,9,11,15H,1-3,5,7-8,25H2/t9-,11?,15+/m0/s1. The van der Waals surface area contributed by atoms with E-state index in [9.17, 15) is 35.9 Å². The van der Waals surface area contributed by atoms with Crippen LogP contribution in [0.25, 0.3) is 0 Å². The maximum absolute atomic E-state index is 13.7. The van der Waals surface area contributed by atoms with Crippen LogP contribution in [-0.4, -0.2) is 59.5 Å². The predicted molar refractivity (Wildman–Crippen MR) is 88.9 cm³/mol. The monoisotopic (exact) mass is 423 g/mol. The van der Waals surface area contributed by atoms with Crippen LogP contribution in [0.15, 0.2) is 12.1 Å². The van der Waals surface area contributed by atoms with Crippen LogP contribution in [0.5, 0.6) is 0 Å². The van der Waals surface area contributed by atoms with Gasteiger partial charge >= 0.3 is 12.1 Å². The SMILES string of the molecule is NC(CC(=O)N1CC[C@H]2CN(C(=O)C(F)(F)F)C[C@H]21)Cc1cc(F)c(F)cc1F. The van der Waals surface area contributed by atoms with Gasteiger partial charge in [0.1, 0.15) is 5.82 Å². The molecule has 1 unspecified atom stereocenters. The second-order valence-corrected chi connectivity index (χ2v) is 7.44. The Morgan fingerprint density at radius 3 is 2.41 bits per heavy atom. The molecule has 2 saturated heterocycles. The average molecular weight is 423 g/mol. The molecule has 0 aliphatic carbocycles. The van der Waals surface area contributed by atoms with Gasteiger partial charge in [-0.15, -0.1) is 0 Å². The fraction of sp³-hybridized carbons (Fsp3) is 0.556. The minimum atomic E-state index is -4.97. The molecule has 0 spiro atoms. The smallest absolute Gasteiger partial charge is 0.338 e. The molecule has 11 heteroatoms. The van der Waals surface area contributed by atoms with Crippen LogP contribution in [0, 0.1) is 23.4 Å². The minimum absolute atomic E-state index is 0.0705. The highest BCUT2D eigenvalue weighted by Gasteiger charge is 2.50. The van der Waals surface area contributed by atoms with Crippen molar-refractivity contribution in [3.63, 3.8) is 0 Å². The fourth-order valence-electron chi connectivity index (χ4n) is 4.03. The molecule has 0 aromatic heterocycles. The maximum atomic E-state index is 13.7. The lowest BCUT2D eigenvalue weighted by atomic mass is 10.0. The van der Waals surface area contributed by atoms with Crippen molar-refractivity contribution in [3.05, 3.63) is 35.1 Å². The molecule has 2 fully saturated rings. The van der Waals surface area contributed by atoms with Gasteiger partial charge in [-0.25, -0.2) is 13.2 Å². The summed E-state index contributed by atoms with van der Waals surface area (Å²) in [7, 11) is 0. The number of likely N-dealkylation sites (tertiary alicyclic amines) is 2. The molecule has 2 N–H and O–H groups in total. The Balaban J connectivity index is 1.60. The molecule has 0 bridgehead atoms. The van der Waals surface area contributed by atoms with E-state index in [1.807, 2.05) is 0 Å². The van der Waals surface area contributed by atoms with E-state index in [0.29, 0.717) is 30.0 Å². The minimum Gasteiger partial charge on any atom is -0.338 e. The van der Waals surface area contributed by atoms with Crippen LogP contribution in [0.2, 0.25) is 0 Å². The Morgan fingerprint density at radius 1 is 1.10 bits per heavy atom. The number of alkyl halides is 3. The third-order valence-corrected chi connectivity index (χ3v) is 5.41. The van der Waals surface area contributed by atoms with Crippen molar-refractivity contribution in [2.45, 2.75) is 37.5 Å². The first kappa shape index (κ1) is 21.4. The van der Waals surface area contributed by atoms with Crippen LogP contribution in [-0.2, 0) is 16.0 Å². The van der Waals surface area contributed by atoms with Crippen LogP contribution in [0.1, 0.15) is 18.4 Å². The van der Waals surface area contributed by atoms with Gasteiger partial charge in [0.2, 0.25) is 5.91 Å². The van der Waals surface area contributed by atoms with Gasteiger partial charge in [-0.05, 0) is 24.5 Å². The lowest BCUT2D eigenvalue weighted by Crippen LogP contribution is -2.45. The summed E-state index contributed by atoms with van der Waals surface area (Å²) in [6, 6.07) is -0.343. The van der Waals surface area contributed by atoms with Crippen LogP contribution in [0.4, 0.5) is 26.3 Å². The van der Waals surface area contributed by atoms with Crippen molar-refractivity contribution in [2.24, 2.45) is 11.7 Å². The molecule has 1 aromatic rings. The molecular weight excluding hydrogens is 404 g/mol. The van der Waals surface area contributed by atoms with Crippen molar-refractivity contribution in [3.8, 4) is 0 Å². The van der Waals surface area contributed by atoms with E-state index in [4.69, 9.17) is 5.73 Å². The van der Waals surface area contributed by atoms with Crippen molar-refractivity contribution >= 4 is 11.8 Å². The molecule has 29 heavy (non-hydrogen) atoms.